The number of fused-ring (bicyclic) bond motifs is 1. The monoisotopic (exact) mass is 321 g/mol. The van der Waals surface area contributed by atoms with E-state index in [0.717, 1.165) is 23.7 Å². The maximum atomic E-state index is 6.25. The van der Waals surface area contributed by atoms with Gasteiger partial charge in [-0.2, -0.15) is 0 Å². The minimum absolute atomic E-state index is 0.118. The van der Waals surface area contributed by atoms with Crippen molar-refractivity contribution in [3.05, 3.63) is 50.2 Å². The Kier molecular flexibility index (Phi) is 4.25. The summed E-state index contributed by atoms with van der Waals surface area (Å²) in [6.07, 6.45) is 1.06. The number of rotatable bonds is 3. The number of benzene rings is 1. The highest BCUT2D eigenvalue weighted by Crippen LogP contribution is 2.43. The zero-order valence-corrected chi connectivity index (χ0v) is 14.1. The van der Waals surface area contributed by atoms with Crippen LogP contribution < -0.4 is 10.1 Å². The first-order chi connectivity index (χ1) is 10.1. The van der Waals surface area contributed by atoms with Crippen LogP contribution in [0.5, 0.6) is 5.75 Å². The third-order valence-corrected chi connectivity index (χ3v) is 5.16. The molecule has 0 spiro atoms. The molecule has 0 amide bonds. The lowest BCUT2D eigenvalue weighted by atomic mass is 9.93. The average molecular weight is 322 g/mol. The van der Waals surface area contributed by atoms with Gasteiger partial charge in [0, 0.05) is 38.4 Å². The second kappa shape index (κ2) is 5.99. The molecule has 0 aliphatic carbocycles. The van der Waals surface area contributed by atoms with Gasteiger partial charge < -0.3 is 10.1 Å². The van der Waals surface area contributed by atoms with Gasteiger partial charge in [-0.3, -0.25) is 0 Å². The zero-order valence-electron chi connectivity index (χ0n) is 12.6. The molecule has 1 N–H and O–H groups in total. The van der Waals surface area contributed by atoms with Gasteiger partial charge in [0.25, 0.3) is 0 Å². The van der Waals surface area contributed by atoms with Crippen molar-refractivity contribution in [3.63, 3.8) is 0 Å². The second-order valence-electron chi connectivity index (χ2n) is 5.50. The van der Waals surface area contributed by atoms with Gasteiger partial charge in [-0.15, -0.1) is 11.3 Å². The van der Waals surface area contributed by atoms with E-state index >= 15 is 0 Å². The molecule has 2 aromatic rings. The average Bonchev–Trinajstić information content (AvgIpc) is 2.78. The lowest BCUT2D eigenvalue weighted by Gasteiger charge is -2.33. The standard InChI is InChI=1S/C17H20ClNOS/c1-4-19-15-9-17(13-7-10(2)21-11(13)3)20-16-6-5-12(18)8-14(15)16/h5-8,15,17,19H,4,9H2,1-3H3. The molecule has 1 aliphatic heterocycles. The Morgan fingerprint density at radius 2 is 2.10 bits per heavy atom. The van der Waals surface area contributed by atoms with Gasteiger partial charge in [-0.05, 0) is 44.7 Å². The third-order valence-electron chi connectivity index (χ3n) is 3.94. The van der Waals surface area contributed by atoms with Gasteiger partial charge in [-0.25, -0.2) is 0 Å². The van der Waals surface area contributed by atoms with Crippen LogP contribution in [0.1, 0.15) is 46.4 Å². The highest BCUT2D eigenvalue weighted by molar-refractivity contribution is 7.12. The van der Waals surface area contributed by atoms with Crippen LogP contribution in [0.15, 0.2) is 24.3 Å². The maximum Gasteiger partial charge on any atom is 0.127 e. The van der Waals surface area contributed by atoms with E-state index in [-0.39, 0.29) is 6.10 Å². The van der Waals surface area contributed by atoms with Crippen LogP contribution in [0.3, 0.4) is 0 Å². The van der Waals surface area contributed by atoms with Crippen molar-refractivity contribution in [2.24, 2.45) is 0 Å². The van der Waals surface area contributed by atoms with Crippen LogP contribution in [0.4, 0.5) is 0 Å². The summed E-state index contributed by atoms with van der Waals surface area (Å²) in [6.45, 7) is 7.40. The number of thiophene rings is 1. The lowest BCUT2D eigenvalue weighted by molar-refractivity contribution is 0.152. The Morgan fingerprint density at radius 1 is 1.29 bits per heavy atom. The topological polar surface area (TPSA) is 21.3 Å². The van der Waals surface area contributed by atoms with Crippen LogP contribution in [0.2, 0.25) is 5.02 Å². The molecule has 0 bridgehead atoms. The highest BCUT2D eigenvalue weighted by atomic mass is 35.5. The van der Waals surface area contributed by atoms with E-state index in [1.54, 1.807) is 0 Å². The summed E-state index contributed by atoms with van der Waals surface area (Å²) in [5, 5.41) is 4.32. The molecule has 0 radical (unpaired) electrons. The summed E-state index contributed by atoms with van der Waals surface area (Å²) in [5.74, 6) is 0.949. The molecule has 2 atom stereocenters. The Balaban J connectivity index is 1.97. The van der Waals surface area contributed by atoms with Crippen LogP contribution in [0.25, 0.3) is 0 Å². The molecule has 4 heteroatoms. The zero-order chi connectivity index (χ0) is 15.0. The fraction of sp³-hybridized carbons (Fsp3) is 0.412. The van der Waals surface area contributed by atoms with Crippen molar-refractivity contribution < 1.29 is 4.74 Å². The number of hydrogen-bond acceptors (Lipinski definition) is 3. The fourth-order valence-corrected chi connectivity index (χ4v) is 4.20. The number of nitrogens with one attached hydrogen (secondary N) is 1. The Bertz CT molecular complexity index is 652. The first kappa shape index (κ1) is 14.9. The Morgan fingerprint density at radius 3 is 2.76 bits per heavy atom. The molecule has 3 rings (SSSR count). The first-order valence-corrected chi connectivity index (χ1v) is 8.54. The van der Waals surface area contributed by atoms with Gasteiger partial charge in [0.2, 0.25) is 0 Å². The van der Waals surface area contributed by atoms with E-state index < -0.39 is 0 Å². The summed E-state index contributed by atoms with van der Waals surface area (Å²) >= 11 is 7.98. The Labute approximate surface area is 135 Å². The van der Waals surface area contributed by atoms with E-state index in [2.05, 4.69) is 32.2 Å². The summed E-state index contributed by atoms with van der Waals surface area (Å²) in [4.78, 5) is 2.69. The number of hydrogen-bond donors (Lipinski definition) is 1. The SMILES string of the molecule is CCNC1CC(c2cc(C)sc2C)Oc2ccc(Cl)cc21. The molecule has 21 heavy (non-hydrogen) atoms. The van der Waals surface area contributed by atoms with Gasteiger partial charge >= 0.3 is 0 Å². The molecule has 1 aliphatic rings. The number of aryl methyl sites for hydroxylation is 2. The molecule has 2 unspecified atom stereocenters. The molecule has 0 fully saturated rings. The molecule has 1 aromatic carbocycles. The molecule has 0 saturated carbocycles. The summed E-state index contributed by atoms with van der Waals surface area (Å²) in [5.41, 5.74) is 2.49. The van der Waals surface area contributed by atoms with Crippen LogP contribution in [-0.4, -0.2) is 6.54 Å². The maximum absolute atomic E-state index is 6.25. The van der Waals surface area contributed by atoms with Crippen LogP contribution in [-0.2, 0) is 0 Å². The number of ether oxygens (including phenoxy) is 1. The minimum Gasteiger partial charge on any atom is -0.485 e. The molecule has 1 aromatic heterocycles. The normalized spacial score (nSPS) is 21.0. The van der Waals surface area contributed by atoms with Crippen molar-refractivity contribution in [2.75, 3.05) is 6.54 Å². The first-order valence-electron chi connectivity index (χ1n) is 7.35. The predicted molar refractivity (Wildman–Crippen MR) is 89.6 cm³/mol. The van der Waals surface area contributed by atoms with E-state index in [0.29, 0.717) is 6.04 Å². The van der Waals surface area contributed by atoms with E-state index in [9.17, 15) is 0 Å². The van der Waals surface area contributed by atoms with Crippen molar-refractivity contribution in [1.29, 1.82) is 0 Å². The van der Waals surface area contributed by atoms with Crippen molar-refractivity contribution in [2.45, 2.75) is 39.3 Å². The third kappa shape index (κ3) is 2.96. The van der Waals surface area contributed by atoms with Gasteiger partial charge in [0.05, 0.1) is 0 Å². The summed E-state index contributed by atoms with van der Waals surface area (Å²) in [6, 6.07) is 8.46. The van der Waals surface area contributed by atoms with Crippen LogP contribution >= 0.6 is 22.9 Å². The largest absolute Gasteiger partial charge is 0.485 e. The van der Waals surface area contributed by atoms with E-state index in [1.807, 2.05) is 29.5 Å². The highest BCUT2D eigenvalue weighted by Gasteiger charge is 2.30. The minimum atomic E-state index is 0.118. The van der Waals surface area contributed by atoms with E-state index in [1.165, 1.54) is 20.9 Å². The van der Waals surface area contributed by atoms with Crippen molar-refractivity contribution >= 4 is 22.9 Å². The van der Waals surface area contributed by atoms with Crippen LogP contribution in [0, 0.1) is 13.8 Å². The molecular weight excluding hydrogens is 302 g/mol. The second-order valence-corrected chi connectivity index (χ2v) is 7.40. The smallest absolute Gasteiger partial charge is 0.127 e. The van der Waals surface area contributed by atoms with Crippen molar-refractivity contribution in [1.82, 2.24) is 5.32 Å². The number of halogens is 1. The van der Waals surface area contributed by atoms with Gasteiger partial charge in [0.1, 0.15) is 11.9 Å². The molecular formula is C17H20ClNOS. The molecule has 2 nitrogen and oxygen atoms in total. The van der Waals surface area contributed by atoms with Gasteiger partial charge in [0.15, 0.2) is 0 Å². The molecule has 0 saturated heterocycles. The van der Waals surface area contributed by atoms with E-state index in [4.69, 9.17) is 16.3 Å². The Hall–Kier alpha value is -1.03. The molecule has 2 heterocycles. The lowest BCUT2D eigenvalue weighted by Crippen LogP contribution is -2.29. The summed E-state index contributed by atoms with van der Waals surface area (Å²) in [7, 11) is 0. The quantitative estimate of drug-likeness (QED) is 0.839. The predicted octanol–water partition coefficient (Wildman–Crippen LogP) is 5.19. The summed E-state index contributed by atoms with van der Waals surface area (Å²) < 4.78 is 6.25. The van der Waals surface area contributed by atoms with Gasteiger partial charge in [-0.1, -0.05) is 18.5 Å². The molecule has 112 valence electrons. The van der Waals surface area contributed by atoms with Crippen molar-refractivity contribution in [3.8, 4) is 5.75 Å². The fourth-order valence-electron chi connectivity index (χ4n) is 3.04.